The number of hydrogen-bond donors (Lipinski definition) is 0. The van der Waals surface area contributed by atoms with E-state index in [4.69, 9.17) is 0 Å². The van der Waals surface area contributed by atoms with E-state index < -0.39 is 0 Å². The van der Waals surface area contributed by atoms with Crippen LogP contribution in [0, 0.1) is 0 Å². The molecule has 1 amide bonds. The van der Waals surface area contributed by atoms with Crippen LogP contribution in [0.3, 0.4) is 0 Å². The van der Waals surface area contributed by atoms with E-state index in [1.165, 1.54) is 0 Å². The van der Waals surface area contributed by atoms with E-state index in [9.17, 15) is 9.59 Å². The van der Waals surface area contributed by atoms with Gasteiger partial charge in [-0.2, -0.15) is 0 Å². The van der Waals surface area contributed by atoms with Crippen molar-refractivity contribution in [2.24, 2.45) is 0 Å². The summed E-state index contributed by atoms with van der Waals surface area (Å²) in [6, 6.07) is 7.76. The van der Waals surface area contributed by atoms with Gasteiger partial charge in [-0.25, -0.2) is 0 Å². The zero-order valence-electron chi connectivity index (χ0n) is 11.4. The van der Waals surface area contributed by atoms with Crippen molar-refractivity contribution in [2.75, 3.05) is 12.8 Å². The van der Waals surface area contributed by atoms with Gasteiger partial charge < -0.3 is 4.90 Å². The van der Waals surface area contributed by atoms with Gasteiger partial charge in [-0.3, -0.25) is 9.59 Å². The van der Waals surface area contributed by atoms with E-state index in [1.54, 1.807) is 18.7 Å². The Kier molecular flexibility index (Phi) is 4.64. The molecule has 1 heterocycles. The molecule has 0 radical (unpaired) electrons. The maximum Gasteiger partial charge on any atom is 0.255 e. The lowest BCUT2D eigenvalue weighted by molar-refractivity contribution is -0.117. The molecule has 1 unspecified atom stereocenters. The minimum Gasteiger partial charge on any atom is -0.335 e. The average Bonchev–Trinajstić information content (AvgIpc) is 2.85. The smallest absolute Gasteiger partial charge is 0.255 e. The lowest BCUT2D eigenvalue weighted by atomic mass is 10.1. The van der Waals surface area contributed by atoms with Gasteiger partial charge in [0, 0.05) is 23.9 Å². The van der Waals surface area contributed by atoms with Crippen molar-refractivity contribution in [3.8, 4) is 0 Å². The standard InChI is InChI=1S/C15H19NO2S/c1-11(17)10-12-6-5-9-16(12)15(18)13-7-3-4-8-14(13)19-2/h3-4,7-8,12H,5-6,9-10H2,1-2H3. The molecule has 0 bridgehead atoms. The van der Waals surface area contributed by atoms with E-state index in [0.717, 1.165) is 29.8 Å². The molecule has 2 rings (SSSR count). The Hall–Kier alpha value is -1.29. The molecular formula is C15H19NO2S. The third kappa shape index (κ3) is 3.18. The van der Waals surface area contributed by atoms with E-state index in [2.05, 4.69) is 0 Å². The fourth-order valence-corrected chi connectivity index (χ4v) is 3.21. The fourth-order valence-electron chi connectivity index (χ4n) is 2.62. The molecule has 1 aromatic carbocycles. The predicted molar refractivity (Wildman–Crippen MR) is 77.6 cm³/mol. The minimum atomic E-state index is 0.0636. The van der Waals surface area contributed by atoms with Crippen LogP contribution in [-0.4, -0.2) is 35.4 Å². The Labute approximate surface area is 118 Å². The summed E-state index contributed by atoms with van der Waals surface area (Å²) < 4.78 is 0. The Bertz CT molecular complexity index is 487. The van der Waals surface area contributed by atoms with Gasteiger partial charge in [-0.05, 0) is 38.2 Å². The van der Waals surface area contributed by atoms with Crippen LogP contribution in [0.5, 0.6) is 0 Å². The highest BCUT2D eigenvalue weighted by Crippen LogP contribution is 2.26. The van der Waals surface area contributed by atoms with Gasteiger partial charge in [0.25, 0.3) is 5.91 Å². The van der Waals surface area contributed by atoms with Crippen molar-refractivity contribution in [1.82, 2.24) is 4.90 Å². The highest BCUT2D eigenvalue weighted by Gasteiger charge is 2.30. The van der Waals surface area contributed by atoms with E-state index >= 15 is 0 Å². The monoisotopic (exact) mass is 277 g/mol. The first kappa shape index (κ1) is 14.1. The second-order valence-corrected chi connectivity index (χ2v) is 5.75. The van der Waals surface area contributed by atoms with Crippen LogP contribution >= 0.6 is 11.8 Å². The number of nitrogens with zero attached hydrogens (tertiary/aromatic N) is 1. The highest BCUT2D eigenvalue weighted by atomic mass is 32.2. The summed E-state index contributed by atoms with van der Waals surface area (Å²) in [5.41, 5.74) is 0.755. The molecule has 19 heavy (non-hydrogen) atoms. The Morgan fingerprint density at radius 1 is 1.37 bits per heavy atom. The lowest BCUT2D eigenvalue weighted by Gasteiger charge is -2.24. The molecule has 1 aliphatic rings. The van der Waals surface area contributed by atoms with Crippen LogP contribution in [-0.2, 0) is 4.79 Å². The number of hydrogen-bond acceptors (Lipinski definition) is 3. The van der Waals surface area contributed by atoms with Crippen LogP contribution in [0.2, 0.25) is 0 Å². The van der Waals surface area contributed by atoms with Gasteiger partial charge in [0.05, 0.1) is 5.56 Å². The molecule has 1 atom stereocenters. The van der Waals surface area contributed by atoms with E-state index in [0.29, 0.717) is 6.42 Å². The third-order valence-electron chi connectivity index (χ3n) is 3.50. The van der Waals surface area contributed by atoms with Crippen molar-refractivity contribution in [1.29, 1.82) is 0 Å². The molecule has 1 fully saturated rings. The molecule has 3 nitrogen and oxygen atoms in total. The third-order valence-corrected chi connectivity index (χ3v) is 4.29. The second kappa shape index (κ2) is 6.24. The zero-order chi connectivity index (χ0) is 13.8. The Morgan fingerprint density at radius 3 is 2.79 bits per heavy atom. The summed E-state index contributed by atoms with van der Waals surface area (Å²) in [7, 11) is 0. The lowest BCUT2D eigenvalue weighted by Crippen LogP contribution is -2.36. The number of rotatable bonds is 4. The van der Waals surface area contributed by atoms with Crippen molar-refractivity contribution in [2.45, 2.75) is 37.1 Å². The SMILES string of the molecule is CSc1ccccc1C(=O)N1CCCC1CC(C)=O. The summed E-state index contributed by atoms with van der Waals surface area (Å²) in [4.78, 5) is 26.8. The van der Waals surface area contributed by atoms with Crippen molar-refractivity contribution in [3.05, 3.63) is 29.8 Å². The first-order valence-electron chi connectivity index (χ1n) is 6.57. The largest absolute Gasteiger partial charge is 0.335 e. The van der Waals surface area contributed by atoms with Gasteiger partial charge in [0.15, 0.2) is 0 Å². The van der Waals surface area contributed by atoms with Crippen LogP contribution in [0.4, 0.5) is 0 Å². The first-order valence-corrected chi connectivity index (χ1v) is 7.79. The van der Waals surface area contributed by atoms with Gasteiger partial charge in [0.2, 0.25) is 0 Å². The number of amides is 1. The summed E-state index contributed by atoms with van der Waals surface area (Å²) in [6.07, 6.45) is 4.38. The zero-order valence-corrected chi connectivity index (χ0v) is 12.2. The van der Waals surface area contributed by atoms with Gasteiger partial charge in [0.1, 0.15) is 5.78 Å². The van der Waals surface area contributed by atoms with Gasteiger partial charge in [-0.15, -0.1) is 11.8 Å². The summed E-state index contributed by atoms with van der Waals surface area (Å²) in [5.74, 6) is 0.219. The number of ketones is 1. The molecule has 1 saturated heterocycles. The quantitative estimate of drug-likeness (QED) is 0.794. The van der Waals surface area contributed by atoms with Crippen LogP contribution in [0.1, 0.15) is 36.5 Å². The number of carbonyl (C=O) groups excluding carboxylic acids is 2. The first-order chi connectivity index (χ1) is 9.13. The maximum absolute atomic E-state index is 12.6. The molecule has 1 aromatic rings. The topological polar surface area (TPSA) is 37.4 Å². The molecule has 4 heteroatoms. The number of benzene rings is 1. The Morgan fingerprint density at radius 2 is 2.11 bits per heavy atom. The summed E-state index contributed by atoms with van der Waals surface area (Å²) in [5, 5.41) is 0. The van der Waals surface area contributed by atoms with Crippen molar-refractivity contribution in [3.63, 3.8) is 0 Å². The second-order valence-electron chi connectivity index (χ2n) is 4.90. The molecule has 0 spiro atoms. The van der Waals surface area contributed by atoms with E-state index in [1.807, 2.05) is 35.4 Å². The van der Waals surface area contributed by atoms with E-state index in [-0.39, 0.29) is 17.7 Å². The maximum atomic E-state index is 12.6. The number of Topliss-reactive ketones (excluding diaryl/α,β-unsaturated/α-hetero) is 1. The molecule has 0 aliphatic carbocycles. The molecule has 1 aliphatic heterocycles. The fraction of sp³-hybridized carbons (Fsp3) is 0.467. The number of thioether (sulfide) groups is 1. The van der Waals surface area contributed by atoms with Crippen LogP contribution in [0.15, 0.2) is 29.2 Å². The summed E-state index contributed by atoms with van der Waals surface area (Å²) in [6.45, 7) is 2.36. The highest BCUT2D eigenvalue weighted by molar-refractivity contribution is 7.98. The van der Waals surface area contributed by atoms with Gasteiger partial charge >= 0.3 is 0 Å². The average molecular weight is 277 g/mol. The molecule has 0 aromatic heterocycles. The molecule has 0 saturated carbocycles. The summed E-state index contributed by atoms with van der Waals surface area (Å²) >= 11 is 1.58. The minimum absolute atomic E-state index is 0.0636. The normalized spacial score (nSPS) is 18.6. The Balaban J connectivity index is 2.20. The van der Waals surface area contributed by atoms with Crippen LogP contribution in [0.25, 0.3) is 0 Å². The molecule has 0 N–H and O–H groups in total. The van der Waals surface area contributed by atoms with Crippen molar-refractivity contribution < 1.29 is 9.59 Å². The van der Waals surface area contributed by atoms with Crippen LogP contribution < -0.4 is 0 Å². The molecule has 102 valence electrons. The van der Waals surface area contributed by atoms with Crippen molar-refractivity contribution >= 4 is 23.5 Å². The van der Waals surface area contributed by atoms with Gasteiger partial charge in [-0.1, -0.05) is 12.1 Å². The predicted octanol–water partition coefficient (Wildman–Crippen LogP) is 2.99. The molecular weight excluding hydrogens is 258 g/mol. The number of carbonyl (C=O) groups is 2. The number of likely N-dealkylation sites (tertiary alicyclic amines) is 1.